The summed E-state index contributed by atoms with van der Waals surface area (Å²) in [4.78, 5) is 2.22. The number of nitrogens with one attached hydrogen (secondary N) is 2. The van der Waals surface area contributed by atoms with E-state index >= 15 is 0 Å². The van der Waals surface area contributed by atoms with E-state index in [1.165, 1.54) is 25.7 Å². The molecule has 1 saturated carbocycles. The van der Waals surface area contributed by atoms with Crippen LogP contribution in [0.1, 0.15) is 99.3 Å². The molecular weight excluding hydrogens is 414 g/mol. The third-order valence-corrected chi connectivity index (χ3v) is 8.57. The second kappa shape index (κ2) is 14.4. The number of aliphatic hydroxyl groups excluding tert-OH is 3. The van der Waals surface area contributed by atoms with Crippen LogP contribution in [0.25, 0.3) is 0 Å². The van der Waals surface area contributed by atoms with E-state index in [0.717, 1.165) is 57.0 Å². The quantitative estimate of drug-likeness (QED) is 0.263. The van der Waals surface area contributed by atoms with E-state index in [0.29, 0.717) is 5.92 Å². The second-order valence-electron chi connectivity index (χ2n) is 11.7. The average molecular weight is 470 g/mol. The van der Waals surface area contributed by atoms with Gasteiger partial charge in [0.15, 0.2) is 0 Å². The summed E-state index contributed by atoms with van der Waals surface area (Å²) < 4.78 is 0. The van der Waals surface area contributed by atoms with Crippen molar-refractivity contribution in [2.24, 2.45) is 29.6 Å². The first kappa shape index (κ1) is 29.0. The lowest BCUT2D eigenvalue weighted by atomic mass is 9.78. The van der Waals surface area contributed by atoms with E-state index in [4.69, 9.17) is 0 Å². The Morgan fingerprint density at radius 2 is 1.64 bits per heavy atom. The SMILES string of the molecule is CCC(C)CCCC1CCN(C(O)[C@H](NC(O)C2CC[C@H](C)C(NC(C)O)C2)C(C)C)CC1. The molecule has 1 aliphatic heterocycles. The van der Waals surface area contributed by atoms with Crippen LogP contribution in [0.3, 0.4) is 0 Å². The number of aliphatic hydroxyl groups is 3. The van der Waals surface area contributed by atoms with Gasteiger partial charge in [-0.25, -0.2) is 0 Å². The fourth-order valence-electron chi connectivity index (χ4n) is 5.83. The summed E-state index contributed by atoms with van der Waals surface area (Å²) in [6.45, 7) is 14.7. The zero-order chi connectivity index (χ0) is 24.5. The molecule has 1 aliphatic carbocycles. The van der Waals surface area contributed by atoms with Crippen LogP contribution in [0.5, 0.6) is 0 Å². The van der Waals surface area contributed by atoms with Crippen molar-refractivity contribution >= 4 is 0 Å². The van der Waals surface area contributed by atoms with Crippen LogP contribution in [0.2, 0.25) is 0 Å². The van der Waals surface area contributed by atoms with E-state index in [-0.39, 0.29) is 23.9 Å². The van der Waals surface area contributed by atoms with E-state index in [1.54, 1.807) is 6.92 Å². The molecule has 33 heavy (non-hydrogen) atoms. The van der Waals surface area contributed by atoms with Gasteiger partial charge in [-0.05, 0) is 68.6 Å². The highest BCUT2D eigenvalue weighted by Crippen LogP contribution is 2.32. The normalized spacial score (nSPS) is 30.2. The molecular formula is C27H55N3O3. The Hall–Kier alpha value is -0.240. The van der Waals surface area contributed by atoms with Gasteiger partial charge in [-0.2, -0.15) is 0 Å². The van der Waals surface area contributed by atoms with Crippen molar-refractivity contribution in [1.29, 1.82) is 0 Å². The van der Waals surface area contributed by atoms with Crippen LogP contribution >= 0.6 is 0 Å². The Bertz CT molecular complexity index is 525. The molecule has 2 fully saturated rings. The summed E-state index contributed by atoms with van der Waals surface area (Å²) in [7, 11) is 0. The van der Waals surface area contributed by atoms with Crippen molar-refractivity contribution in [3.05, 3.63) is 0 Å². The lowest BCUT2D eigenvalue weighted by Gasteiger charge is -2.43. The standard InChI is InChI=1S/C27H55N3O3/c1-7-19(4)9-8-10-22-13-15-30(16-14-22)27(33)25(18(2)3)29-26(32)23-12-11-20(5)24(17-23)28-21(6)31/h18-29,31-33H,7-17H2,1-6H3/t19?,20-,21?,23?,24?,25+,26?,27?/m0/s1. The molecule has 2 rings (SSSR count). The number of likely N-dealkylation sites (tertiary alicyclic amines) is 1. The van der Waals surface area contributed by atoms with Gasteiger partial charge in [0.1, 0.15) is 18.7 Å². The van der Waals surface area contributed by atoms with Gasteiger partial charge in [0.05, 0.1) is 6.04 Å². The van der Waals surface area contributed by atoms with Gasteiger partial charge in [-0.1, -0.05) is 60.3 Å². The molecule has 6 nitrogen and oxygen atoms in total. The van der Waals surface area contributed by atoms with Crippen molar-refractivity contribution in [2.45, 2.75) is 130 Å². The maximum Gasteiger partial charge on any atom is 0.123 e. The van der Waals surface area contributed by atoms with Crippen LogP contribution in [0.15, 0.2) is 0 Å². The van der Waals surface area contributed by atoms with Crippen LogP contribution in [0, 0.1) is 29.6 Å². The number of hydrogen-bond donors (Lipinski definition) is 5. The summed E-state index contributed by atoms with van der Waals surface area (Å²) >= 11 is 0. The Kier molecular flexibility index (Phi) is 12.6. The fourth-order valence-corrected chi connectivity index (χ4v) is 5.83. The number of hydrogen-bond acceptors (Lipinski definition) is 6. The Morgan fingerprint density at radius 3 is 2.21 bits per heavy atom. The molecule has 8 atom stereocenters. The molecule has 0 aromatic heterocycles. The summed E-state index contributed by atoms with van der Waals surface area (Å²) in [5, 5.41) is 38.7. The van der Waals surface area contributed by atoms with Crippen molar-refractivity contribution in [3.63, 3.8) is 0 Å². The van der Waals surface area contributed by atoms with Crippen LogP contribution in [-0.2, 0) is 0 Å². The lowest BCUT2D eigenvalue weighted by molar-refractivity contribution is -0.0745. The zero-order valence-corrected chi connectivity index (χ0v) is 22.3. The number of piperidine rings is 1. The van der Waals surface area contributed by atoms with Gasteiger partial charge < -0.3 is 15.3 Å². The average Bonchev–Trinajstić information content (AvgIpc) is 2.78. The molecule has 0 aromatic carbocycles. The highest BCUT2D eigenvalue weighted by molar-refractivity contribution is 4.89. The Morgan fingerprint density at radius 1 is 0.970 bits per heavy atom. The van der Waals surface area contributed by atoms with E-state index in [2.05, 4.69) is 50.2 Å². The van der Waals surface area contributed by atoms with E-state index < -0.39 is 18.7 Å². The minimum atomic E-state index is -0.643. The van der Waals surface area contributed by atoms with Crippen molar-refractivity contribution in [3.8, 4) is 0 Å². The summed E-state index contributed by atoms with van der Waals surface area (Å²) in [6, 6.07) is 0.0476. The van der Waals surface area contributed by atoms with Crippen molar-refractivity contribution in [1.82, 2.24) is 15.5 Å². The zero-order valence-electron chi connectivity index (χ0n) is 22.3. The summed E-state index contributed by atoms with van der Waals surface area (Å²) in [5.41, 5.74) is 0. The van der Waals surface area contributed by atoms with Crippen LogP contribution in [-0.4, -0.2) is 64.1 Å². The summed E-state index contributed by atoms with van der Waals surface area (Å²) in [6.07, 6.45) is 8.68. The molecule has 0 amide bonds. The number of rotatable bonds is 13. The van der Waals surface area contributed by atoms with Gasteiger partial charge >= 0.3 is 0 Å². The number of nitrogens with zero attached hydrogens (tertiary/aromatic N) is 1. The molecule has 6 unspecified atom stereocenters. The smallest absolute Gasteiger partial charge is 0.123 e. The van der Waals surface area contributed by atoms with Gasteiger partial charge in [0.25, 0.3) is 0 Å². The van der Waals surface area contributed by atoms with Gasteiger partial charge in [-0.3, -0.25) is 15.5 Å². The molecule has 1 heterocycles. The van der Waals surface area contributed by atoms with Crippen LogP contribution < -0.4 is 10.6 Å². The molecule has 2 aliphatic rings. The monoisotopic (exact) mass is 469 g/mol. The largest absolute Gasteiger partial charge is 0.379 e. The topological polar surface area (TPSA) is 88.0 Å². The fraction of sp³-hybridized carbons (Fsp3) is 1.00. The highest BCUT2D eigenvalue weighted by atomic mass is 16.3. The maximum absolute atomic E-state index is 11.2. The van der Waals surface area contributed by atoms with E-state index in [9.17, 15) is 15.3 Å². The summed E-state index contributed by atoms with van der Waals surface area (Å²) in [5.74, 6) is 2.46. The van der Waals surface area contributed by atoms with Crippen molar-refractivity contribution in [2.75, 3.05) is 13.1 Å². The second-order valence-corrected chi connectivity index (χ2v) is 11.7. The third kappa shape index (κ3) is 9.38. The lowest BCUT2D eigenvalue weighted by Crippen LogP contribution is -2.58. The first-order valence-electron chi connectivity index (χ1n) is 13.9. The maximum atomic E-state index is 11.2. The first-order valence-corrected chi connectivity index (χ1v) is 13.9. The van der Waals surface area contributed by atoms with Crippen LogP contribution in [0.4, 0.5) is 0 Å². The highest BCUT2D eigenvalue weighted by Gasteiger charge is 2.36. The molecule has 0 aromatic rings. The molecule has 1 saturated heterocycles. The van der Waals surface area contributed by atoms with Gasteiger partial charge in [-0.15, -0.1) is 0 Å². The minimum absolute atomic E-state index is 0.127. The van der Waals surface area contributed by atoms with Gasteiger partial charge in [0, 0.05) is 19.1 Å². The molecule has 5 N–H and O–H groups in total. The van der Waals surface area contributed by atoms with Gasteiger partial charge in [0.2, 0.25) is 0 Å². The first-order chi connectivity index (χ1) is 15.6. The Labute approximate surface area is 203 Å². The predicted octanol–water partition coefficient (Wildman–Crippen LogP) is 3.90. The third-order valence-electron chi connectivity index (χ3n) is 8.57. The Balaban J connectivity index is 1.84. The minimum Gasteiger partial charge on any atom is -0.379 e. The molecule has 196 valence electrons. The molecule has 0 radical (unpaired) electrons. The molecule has 0 spiro atoms. The predicted molar refractivity (Wildman–Crippen MR) is 136 cm³/mol. The van der Waals surface area contributed by atoms with E-state index in [1.807, 2.05) is 0 Å². The molecule has 6 heteroatoms. The molecule has 0 bridgehead atoms. The van der Waals surface area contributed by atoms with Crippen molar-refractivity contribution < 1.29 is 15.3 Å².